The minimum atomic E-state index is -0.764. The van der Waals surface area contributed by atoms with Gasteiger partial charge in [0.25, 0.3) is 0 Å². The molecule has 0 heterocycles. The number of hydrogen-bond acceptors (Lipinski definition) is 6. The third-order valence-electron chi connectivity index (χ3n) is 14.1. The highest BCUT2D eigenvalue weighted by Crippen LogP contribution is 2.19. The molecule has 0 aromatic rings. The molecule has 0 amide bonds. The fraction of sp³-hybridized carbons (Fsp3) is 0.952. The molecule has 0 saturated carbocycles. The molecule has 0 aromatic heterocycles. The first-order chi connectivity index (χ1) is 33.1. The lowest BCUT2D eigenvalue weighted by Crippen LogP contribution is -2.30. The van der Waals surface area contributed by atoms with Crippen molar-refractivity contribution in [2.45, 2.75) is 349 Å². The zero-order valence-corrected chi connectivity index (χ0v) is 46.9. The van der Waals surface area contributed by atoms with Crippen LogP contribution in [0.2, 0.25) is 0 Å². The standard InChI is InChI=1S/C62H120O6/c1-56(2)48-42-36-30-24-19-15-11-9-7-8-10-12-17-21-27-33-39-45-51-60(63)66-54-59(55-67-61(64)52-46-40-34-29-23-26-32-38-44-50-58(5)6)68-62(65)53-47-41-35-28-22-18-14-13-16-20-25-31-37-43-49-57(3)4/h56-59H,7-55H2,1-6H3/t59-/m1/s1. The van der Waals surface area contributed by atoms with E-state index in [0.29, 0.717) is 19.3 Å². The summed E-state index contributed by atoms with van der Waals surface area (Å²) in [7, 11) is 0. The van der Waals surface area contributed by atoms with E-state index in [2.05, 4.69) is 41.5 Å². The highest BCUT2D eigenvalue weighted by molar-refractivity contribution is 5.71. The van der Waals surface area contributed by atoms with E-state index < -0.39 is 6.10 Å². The lowest BCUT2D eigenvalue weighted by atomic mass is 10.0. The van der Waals surface area contributed by atoms with Crippen LogP contribution in [-0.4, -0.2) is 37.2 Å². The summed E-state index contributed by atoms with van der Waals surface area (Å²) in [5, 5.41) is 0. The van der Waals surface area contributed by atoms with Gasteiger partial charge in [-0.15, -0.1) is 0 Å². The Morgan fingerprint density at radius 3 is 0.632 bits per heavy atom. The minimum Gasteiger partial charge on any atom is -0.462 e. The van der Waals surface area contributed by atoms with Crippen LogP contribution in [0.25, 0.3) is 0 Å². The molecule has 0 fully saturated rings. The van der Waals surface area contributed by atoms with Gasteiger partial charge in [0.2, 0.25) is 0 Å². The maximum Gasteiger partial charge on any atom is 0.306 e. The number of hydrogen-bond donors (Lipinski definition) is 0. The second kappa shape index (κ2) is 53.2. The Hall–Kier alpha value is -1.59. The number of rotatable bonds is 55. The molecule has 6 nitrogen and oxygen atoms in total. The Labute approximate surface area is 425 Å². The zero-order valence-electron chi connectivity index (χ0n) is 46.9. The summed E-state index contributed by atoms with van der Waals surface area (Å²) in [5.74, 6) is 1.67. The molecule has 0 aromatic carbocycles. The van der Waals surface area contributed by atoms with Crippen molar-refractivity contribution >= 4 is 17.9 Å². The smallest absolute Gasteiger partial charge is 0.306 e. The Bertz CT molecular complexity index is 1050. The fourth-order valence-electron chi connectivity index (χ4n) is 9.53. The largest absolute Gasteiger partial charge is 0.462 e. The molecule has 68 heavy (non-hydrogen) atoms. The summed E-state index contributed by atoms with van der Waals surface area (Å²) in [5.41, 5.74) is 0. The van der Waals surface area contributed by atoms with Gasteiger partial charge < -0.3 is 14.2 Å². The maximum absolute atomic E-state index is 12.9. The van der Waals surface area contributed by atoms with Gasteiger partial charge in [-0.1, -0.05) is 305 Å². The van der Waals surface area contributed by atoms with Crippen LogP contribution < -0.4 is 0 Å². The maximum atomic E-state index is 12.9. The quantitative estimate of drug-likeness (QED) is 0.0343. The van der Waals surface area contributed by atoms with E-state index in [4.69, 9.17) is 14.2 Å². The predicted octanol–water partition coefficient (Wildman–Crippen LogP) is 20.3. The van der Waals surface area contributed by atoms with E-state index >= 15 is 0 Å². The summed E-state index contributed by atoms with van der Waals surface area (Å²) in [6.45, 7) is 13.8. The fourth-order valence-corrected chi connectivity index (χ4v) is 9.53. The van der Waals surface area contributed by atoms with Gasteiger partial charge in [-0.3, -0.25) is 14.4 Å². The SMILES string of the molecule is CC(C)CCCCCCCCCCCCCCCCCCCCC(=O)OC[C@H](COC(=O)CCCCCCCCCCCC(C)C)OC(=O)CCCCCCCCCCCCCCCCC(C)C. The van der Waals surface area contributed by atoms with Crippen LogP contribution in [-0.2, 0) is 28.6 Å². The van der Waals surface area contributed by atoms with E-state index in [-0.39, 0.29) is 31.1 Å². The molecule has 0 N–H and O–H groups in total. The molecule has 1 atom stereocenters. The number of carbonyl (C=O) groups excluding carboxylic acids is 3. The minimum absolute atomic E-state index is 0.0632. The van der Waals surface area contributed by atoms with Crippen LogP contribution >= 0.6 is 0 Å². The molecule has 0 rings (SSSR count). The lowest BCUT2D eigenvalue weighted by molar-refractivity contribution is -0.167. The van der Waals surface area contributed by atoms with Crippen LogP contribution in [0.15, 0.2) is 0 Å². The van der Waals surface area contributed by atoms with E-state index in [0.717, 1.165) is 75.5 Å². The normalized spacial score (nSPS) is 12.1. The van der Waals surface area contributed by atoms with Gasteiger partial charge in [-0.2, -0.15) is 0 Å². The molecular formula is C62H120O6. The lowest BCUT2D eigenvalue weighted by Gasteiger charge is -2.18. The van der Waals surface area contributed by atoms with E-state index in [1.165, 1.54) is 225 Å². The predicted molar refractivity (Wildman–Crippen MR) is 293 cm³/mol. The van der Waals surface area contributed by atoms with Crippen molar-refractivity contribution < 1.29 is 28.6 Å². The first-order valence-corrected chi connectivity index (χ1v) is 30.6. The average molecular weight is 962 g/mol. The zero-order chi connectivity index (χ0) is 49.8. The summed E-state index contributed by atoms with van der Waals surface area (Å²) >= 11 is 0. The molecule has 0 bridgehead atoms. The molecule has 0 spiro atoms. The van der Waals surface area contributed by atoms with Gasteiger partial charge in [-0.05, 0) is 37.0 Å². The van der Waals surface area contributed by atoms with Crippen LogP contribution in [0.5, 0.6) is 0 Å². The molecular weight excluding hydrogens is 841 g/mol. The molecule has 0 aliphatic carbocycles. The Morgan fingerprint density at radius 2 is 0.426 bits per heavy atom. The van der Waals surface area contributed by atoms with Crippen LogP contribution in [0, 0.1) is 17.8 Å². The van der Waals surface area contributed by atoms with Crippen molar-refractivity contribution in [3.8, 4) is 0 Å². The first-order valence-electron chi connectivity index (χ1n) is 30.6. The monoisotopic (exact) mass is 961 g/mol. The molecule has 0 saturated heterocycles. The van der Waals surface area contributed by atoms with Crippen LogP contribution in [0.1, 0.15) is 343 Å². The molecule has 404 valence electrons. The third-order valence-corrected chi connectivity index (χ3v) is 14.1. The summed E-state index contributed by atoms with van der Waals surface area (Å²) in [6.07, 6.45) is 56.8. The second-order valence-electron chi connectivity index (χ2n) is 22.8. The van der Waals surface area contributed by atoms with Crippen molar-refractivity contribution in [1.82, 2.24) is 0 Å². The number of unbranched alkanes of at least 4 members (excludes halogenated alkanes) is 38. The van der Waals surface area contributed by atoms with Gasteiger partial charge in [0.05, 0.1) is 0 Å². The number of esters is 3. The summed E-state index contributed by atoms with van der Waals surface area (Å²) < 4.78 is 16.9. The average Bonchev–Trinajstić information content (AvgIpc) is 3.30. The van der Waals surface area contributed by atoms with E-state index in [1.807, 2.05) is 0 Å². The van der Waals surface area contributed by atoms with Crippen molar-refractivity contribution in [1.29, 1.82) is 0 Å². The Balaban J connectivity index is 4.24. The third kappa shape index (κ3) is 55.3. The Kier molecular flexibility index (Phi) is 52.0. The highest BCUT2D eigenvalue weighted by Gasteiger charge is 2.19. The van der Waals surface area contributed by atoms with Crippen LogP contribution in [0.3, 0.4) is 0 Å². The molecule has 0 radical (unpaired) electrons. The first kappa shape index (κ1) is 66.4. The molecule has 0 unspecified atom stereocenters. The highest BCUT2D eigenvalue weighted by atomic mass is 16.6. The van der Waals surface area contributed by atoms with Gasteiger partial charge in [0.15, 0.2) is 6.10 Å². The number of ether oxygens (including phenoxy) is 3. The van der Waals surface area contributed by atoms with E-state index in [1.54, 1.807) is 0 Å². The van der Waals surface area contributed by atoms with Gasteiger partial charge in [0, 0.05) is 19.3 Å². The van der Waals surface area contributed by atoms with Crippen molar-refractivity contribution in [2.24, 2.45) is 17.8 Å². The van der Waals surface area contributed by atoms with E-state index in [9.17, 15) is 14.4 Å². The second-order valence-corrected chi connectivity index (χ2v) is 22.8. The molecule has 6 heteroatoms. The van der Waals surface area contributed by atoms with Crippen molar-refractivity contribution in [3.05, 3.63) is 0 Å². The number of carbonyl (C=O) groups is 3. The topological polar surface area (TPSA) is 78.9 Å². The summed E-state index contributed by atoms with van der Waals surface area (Å²) in [4.78, 5) is 38.2. The van der Waals surface area contributed by atoms with Gasteiger partial charge in [-0.25, -0.2) is 0 Å². The molecule has 0 aliphatic heterocycles. The van der Waals surface area contributed by atoms with Gasteiger partial charge in [0.1, 0.15) is 13.2 Å². The molecule has 0 aliphatic rings. The van der Waals surface area contributed by atoms with Crippen molar-refractivity contribution in [2.75, 3.05) is 13.2 Å². The van der Waals surface area contributed by atoms with Gasteiger partial charge >= 0.3 is 17.9 Å². The Morgan fingerprint density at radius 1 is 0.250 bits per heavy atom. The summed E-state index contributed by atoms with van der Waals surface area (Å²) in [6, 6.07) is 0. The van der Waals surface area contributed by atoms with Crippen LogP contribution in [0.4, 0.5) is 0 Å². The van der Waals surface area contributed by atoms with Crippen molar-refractivity contribution in [3.63, 3.8) is 0 Å².